The summed E-state index contributed by atoms with van der Waals surface area (Å²) in [4.78, 5) is 15.2. The quantitative estimate of drug-likeness (QED) is 0.345. The van der Waals surface area contributed by atoms with Crippen LogP contribution >= 0.6 is 27.5 Å². The minimum absolute atomic E-state index is 0.0600. The second-order valence-corrected chi connectivity index (χ2v) is 9.70. The highest BCUT2D eigenvalue weighted by Crippen LogP contribution is 2.42. The van der Waals surface area contributed by atoms with Crippen molar-refractivity contribution in [3.8, 4) is 17.4 Å². The topological polar surface area (TPSA) is 112 Å². The molecule has 35 heavy (non-hydrogen) atoms. The standard InChI is InChI=1S/C23H19BrClFN2O6S/c24-17-10-14(11-27-23(17)34-21-8-7-13(26)9-18(21)25)28(35(31)32)19-5-1-4-16-15(19)3-2-6-20(16)33-12-22(29)30/h2-3,6-11,19H,1,4-5,12H2,(H,29,30)(H,31,32)/p-1. The van der Waals surface area contributed by atoms with Gasteiger partial charge in [0.25, 0.3) is 0 Å². The molecule has 0 amide bonds. The summed E-state index contributed by atoms with van der Waals surface area (Å²) in [6.07, 6.45) is 3.21. The summed E-state index contributed by atoms with van der Waals surface area (Å²) in [6, 6.07) is 9.86. The highest BCUT2D eigenvalue weighted by Gasteiger charge is 2.30. The van der Waals surface area contributed by atoms with Gasteiger partial charge in [0.2, 0.25) is 5.88 Å². The average molecular weight is 585 g/mol. The van der Waals surface area contributed by atoms with Gasteiger partial charge in [-0.2, -0.15) is 0 Å². The highest BCUT2D eigenvalue weighted by molar-refractivity contribution is 9.10. The Morgan fingerprint density at radius 1 is 1.31 bits per heavy atom. The maximum atomic E-state index is 13.3. The zero-order chi connectivity index (χ0) is 25.1. The number of hydrogen-bond acceptors (Lipinski definition) is 6. The Morgan fingerprint density at radius 3 is 2.80 bits per heavy atom. The maximum Gasteiger partial charge on any atom is 0.341 e. The van der Waals surface area contributed by atoms with Crippen LogP contribution in [-0.4, -0.2) is 31.4 Å². The predicted octanol–water partition coefficient (Wildman–Crippen LogP) is 5.57. The summed E-state index contributed by atoms with van der Waals surface area (Å²) in [5, 5.41) is 9.01. The molecule has 0 spiro atoms. The molecule has 1 aliphatic rings. The van der Waals surface area contributed by atoms with Gasteiger partial charge in [0, 0.05) is 11.3 Å². The predicted molar refractivity (Wildman–Crippen MR) is 130 cm³/mol. The molecule has 184 valence electrons. The van der Waals surface area contributed by atoms with Gasteiger partial charge in [-0.15, -0.1) is 0 Å². The van der Waals surface area contributed by atoms with Crippen LogP contribution in [0.25, 0.3) is 0 Å². The van der Waals surface area contributed by atoms with Gasteiger partial charge in [0.05, 0.1) is 27.4 Å². The van der Waals surface area contributed by atoms with Crippen LogP contribution in [0, 0.1) is 5.82 Å². The monoisotopic (exact) mass is 583 g/mol. The van der Waals surface area contributed by atoms with E-state index in [-0.39, 0.29) is 22.3 Å². The Kier molecular flexibility index (Phi) is 7.90. The number of nitrogens with zero attached hydrogens (tertiary/aromatic N) is 2. The first-order valence-electron chi connectivity index (χ1n) is 10.4. The molecule has 2 aromatic carbocycles. The third-order valence-corrected chi connectivity index (χ3v) is 7.03. The summed E-state index contributed by atoms with van der Waals surface area (Å²) in [5.74, 6) is -0.883. The number of aliphatic carboxylic acids is 1. The van der Waals surface area contributed by atoms with Gasteiger partial charge in [0.1, 0.15) is 17.3 Å². The van der Waals surface area contributed by atoms with E-state index in [2.05, 4.69) is 20.9 Å². The van der Waals surface area contributed by atoms with Crippen LogP contribution < -0.4 is 13.8 Å². The largest absolute Gasteiger partial charge is 0.755 e. The van der Waals surface area contributed by atoms with Crippen molar-refractivity contribution >= 4 is 50.5 Å². The van der Waals surface area contributed by atoms with Crippen LogP contribution in [0.4, 0.5) is 10.1 Å². The number of ether oxygens (including phenoxy) is 2. The average Bonchev–Trinajstić information content (AvgIpc) is 2.81. The summed E-state index contributed by atoms with van der Waals surface area (Å²) < 4.78 is 50.7. The molecule has 8 nitrogen and oxygen atoms in total. The van der Waals surface area contributed by atoms with E-state index in [1.807, 2.05) is 6.07 Å². The van der Waals surface area contributed by atoms with Gasteiger partial charge in [-0.3, -0.25) is 8.51 Å². The summed E-state index contributed by atoms with van der Waals surface area (Å²) in [5.41, 5.74) is 1.80. The Labute approximate surface area is 216 Å². The molecule has 0 fully saturated rings. The zero-order valence-corrected chi connectivity index (χ0v) is 21.1. The molecule has 1 aliphatic carbocycles. The number of carboxylic acid groups (broad SMARTS) is 1. The van der Waals surface area contributed by atoms with Crippen molar-refractivity contribution in [1.29, 1.82) is 0 Å². The second-order valence-electron chi connectivity index (χ2n) is 7.61. The lowest BCUT2D eigenvalue weighted by Gasteiger charge is -2.38. The molecule has 0 saturated heterocycles. The number of carbonyl (C=O) groups is 1. The van der Waals surface area contributed by atoms with E-state index in [0.29, 0.717) is 29.5 Å². The molecule has 4 rings (SSSR count). The highest BCUT2D eigenvalue weighted by atomic mass is 79.9. The number of halogens is 3. The lowest BCUT2D eigenvalue weighted by Crippen LogP contribution is -2.33. The molecular weight excluding hydrogens is 567 g/mol. The number of hydrogen-bond donors (Lipinski definition) is 1. The number of anilines is 1. The van der Waals surface area contributed by atoms with Gasteiger partial charge in [-0.1, -0.05) is 23.7 Å². The normalized spacial score (nSPS) is 15.7. The van der Waals surface area contributed by atoms with E-state index in [0.717, 1.165) is 17.2 Å². The van der Waals surface area contributed by atoms with Crippen molar-refractivity contribution < 1.29 is 32.5 Å². The smallest absolute Gasteiger partial charge is 0.341 e. The third kappa shape index (κ3) is 5.75. The lowest BCUT2D eigenvalue weighted by molar-refractivity contribution is -0.139. The SMILES string of the molecule is O=C(O)COc1cccc2c1CCCC2N(c1cnc(Oc2ccc(F)cc2Cl)c(Br)c1)S(=O)[O-]. The minimum Gasteiger partial charge on any atom is -0.755 e. The third-order valence-electron chi connectivity index (χ3n) is 5.38. The first kappa shape index (κ1) is 25.4. The first-order valence-corrected chi connectivity index (χ1v) is 12.6. The number of fused-ring (bicyclic) bond motifs is 1. The molecular formula is C23H18BrClFN2O6S-. The zero-order valence-electron chi connectivity index (χ0n) is 17.9. The van der Waals surface area contributed by atoms with Gasteiger partial charge >= 0.3 is 5.97 Å². The Balaban J connectivity index is 1.65. The van der Waals surface area contributed by atoms with E-state index in [1.165, 1.54) is 22.6 Å². The molecule has 0 radical (unpaired) electrons. The molecule has 0 bridgehead atoms. The molecule has 1 heterocycles. The summed E-state index contributed by atoms with van der Waals surface area (Å²) in [6.45, 7) is -0.491. The van der Waals surface area contributed by atoms with E-state index in [9.17, 15) is 17.9 Å². The molecule has 3 aromatic rings. The van der Waals surface area contributed by atoms with Gasteiger partial charge < -0.3 is 19.1 Å². The van der Waals surface area contributed by atoms with Crippen LogP contribution in [0.2, 0.25) is 5.02 Å². The number of pyridine rings is 1. The molecule has 2 unspecified atom stereocenters. The molecule has 1 aromatic heterocycles. The molecule has 0 aliphatic heterocycles. The number of carboxylic acids is 1. The minimum atomic E-state index is -2.65. The fourth-order valence-corrected chi connectivity index (χ4v) is 5.27. The second kappa shape index (κ2) is 10.9. The van der Waals surface area contributed by atoms with Gasteiger partial charge in [-0.05, 0) is 76.7 Å². The summed E-state index contributed by atoms with van der Waals surface area (Å²) in [7, 11) is 0. The van der Waals surface area contributed by atoms with Gasteiger partial charge in [0.15, 0.2) is 6.61 Å². The molecule has 1 N–H and O–H groups in total. The van der Waals surface area contributed by atoms with Crippen molar-refractivity contribution in [3.05, 3.63) is 75.1 Å². The van der Waals surface area contributed by atoms with E-state index in [4.69, 9.17) is 26.2 Å². The van der Waals surface area contributed by atoms with E-state index in [1.54, 1.807) is 18.2 Å². The van der Waals surface area contributed by atoms with Crippen LogP contribution in [0.1, 0.15) is 30.0 Å². The van der Waals surface area contributed by atoms with Gasteiger partial charge in [-0.25, -0.2) is 14.2 Å². The van der Waals surface area contributed by atoms with Crippen molar-refractivity contribution in [2.24, 2.45) is 0 Å². The van der Waals surface area contributed by atoms with E-state index >= 15 is 0 Å². The Bertz CT molecular complexity index is 1300. The fourth-order valence-electron chi connectivity index (χ4n) is 3.95. The van der Waals surface area contributed by atoms with Crippen LogP contribution in [-0.2, 0) is 22.5 Å². The number of rotatable bonds is 8. The van der Waals surface area contributed by atoms with Crippen molar-refractivity contribution in [1.82, 2.24) is 4.98 Å². The number of benzene rings is 2. The Hall–Kier alpha value is -2.73. The van der Waals surface area contributed by atoms with E-state index < -0.39 is 35.7 Å². The molecule has 0 saturated carbocycles. The van der Waals surface area contributed by atoms with Crippen molar-refractivity contribution in [3.63, 3.8) is 0 Å². The maximum absolute atomic E-state index is 13.3. The molecule has 12 heteroatoms. The van der Waals surface area contributed by atoms with Crippen LogP contribution in [0.15, 0.2) is 53.1 Å². The number of aromatic nitrogens is 1. The Morgan fingerprint density at radius 2 is 2.11 bits per heavy atom. The summed E-state index contributed by atoms with van der Waals surface area (Å²) >= 11 is 6.72. The molecule has 2 atom stereocenters. The first-order chi connectivity index (χ1) is 16.7. The fraction of sp³-hybridized carbons (Fsp3) is 0.217. The van der Waals surface area contributed by atoms with Crippen LogP contribution in [0.3, 0.4) is 0 Å². The van der Waals surface area contributed by atoms with Crippen molar-refractivity contribution in [2.45, 2.75) is 25.3 Å². The van der Waals surface area contributed by atoms with Crippen LogP contribution in [0.5, 0.6) is 17.4 Å². The lowest BCUT2D eigenvalue weighted by atomic mass is 9.87. The van der Waals surface area contributed by atoms with Crippen molar-refractivity contribution in [2.75, 3.05) is 10.9 Å².